The summed E-state index contributed by atoms with van der Waals surface area (Å²) in [5, 5.41) is 0. The zero-order valence-electron chi connectivity index (χ0n) is 9.96. The summed E-state index contributed by atoms with van der Waals surface area (Å²) in [5.74, 6) is 0.728. The zero-order valence-corrected chi connectivity index (χ0v) is 9.96. The first-order chi connectivity index (χ1) is 6.42. The lowest BCUT2D eigenvalue weighted by atomic mass is 9.78. The normalized spacial score (nSPS) is 12.1. The lowest BCUT2D eigenvalue weighted by Crippen LogP contribution is -2.19. The average molecular weight is 191 g/mol. The van der Waals surface area contributed by atoms with Gasteiger partial charge in [-0.1, -0.05) is 33.8 Å². The summed E-state index contributed by atoms with van der Waals surface area (Å²) in [6.45, 7) is 11.1. The van der Waals surface area contributed by atoms with Crippen LogP contribution >= 0.6 is 0 Å². The van der Waals surface area contributed by atoms with Gasteiger partial charge in [-0.2, -0.15) is 0 Å². The molecule has 0 N–H and O–H groups in total. The van der Waals surface area contributed by atoms with Gasteiger partial charge in [-0.05, 0) is 36.3 Å². The van der Waals surface area contributed by atoms with E-state index in [0.717, 1.165) is 11.6 Å². The summed E-state index contributed by atoms with van der Waals surface area (Å²) >= 11 is 0. The fourth-order valence-corrected chi connectivity index (χ4v) is 2.01. The van der Waals surface area contributed by atoms with E-state index in [4.69, 9.17) is 0 Å². The second-order valence-electron chi connectivity index (χ2n) is 5.17. The number of nitrogens with zero attached hydrogens (tertiary/aromatic N) is 1. The second kappa shape index (κ2) is 4.12. The van der Waals surface area contributed by atoms with Crippen molar-refractivity contribution in [3.63, 3.8) is 0 Å². The Morgan fingerprint density at radius 2 is 1.93 bits per heavy atom. The van der Waals surface area contributed by atoms with Crippen LogP contribution in [0.15, 0.2) is 18.3 Å². The van der Waals surface area contributed by atoms with Crippen molar-refractivity contribution in [3.8, 4) is 0 Å². The van der Waals surface area contributed by atoms with Gasteiger partial charge in [0.05, 0.1) is 0 Å². The van der Waals surface area contributed by atoms with E-state index in [1.54, 1.807) is 0 Å². The third-order valence-electron chi connectivity index (χ3n) is 2.61. The van der Waals surface area contributed by atoms with Crippen LogP contribution in [0.4, 0.5) is 0 Å². The van der Waals surface area contributed by atoms with Gasteiger partial charge in [0.15, 0.2) is 0 Å². The van der Waals surface area contributed by atoms with E-state index in [1.807, 2.05) is 13.1 Å². The molecule has 0 atom stereocenters. The van der Waals surface area contributed by atoms with Crippen molar-refractivity contribution < 1.29 is 0 Å². The molecule has 0 amide bonds. The Morgan fingerprint density at radius 1 is 1.29 bits per heavy atom. The number of hydrogen-bond donors (Lipinski definition) is 0. The van der Waals surface area contributed by atoms with E-state index in [2.05, 4.69) is 44.8 Å². The molecule has 0 bridgehead atoms. The van der Waals surface area contributed by atoms with Gasteiger partial charge in [-0.15, -0.1) is 0 Å². The number of rotatable bonds is 3. The highest BCUT2D eigenvalue weighted by atomic mass is 14.7. The van der Waals surface area contributed by atoms with Crippen molar-refractivity contribution in [3.05, 3.63) is 29.6 Å². The Balaban J connectivity index is 2.86. The minimum atomic E-state index is 0.245. The number of aromatic nitrogens is 1. The van der Waals surface area contributed by atoms with Gasteiger partial charge in [0.1, 0.15) is 0 Å². The highest BCUT2D eigenvalue weighted by molar-refractivity contribution is 5.21. The van der Waals surface area contributed by atoms with Crippen LogP contribution in [0.5, 0.6) is 0 Å². The lowest BCUT2D eigenvalue weighted by Gasteiger charge is -2.27. The maximum atomic E-state index is 4.35. The Hall–Kier alpha value is -0.850. The molecule has 0 aliphatic heterocycles. The van der Waals surface area contributed by atoms with Crippen molar-refractivity contribution in [1.82, 2.24) is 4.98 Å². The van der Waals surface area contributed by atoms with E-state index in [0.29, 0.717) is 0 Å². The molecular formula is C13H21N. The molecule has 14 heavy (non-hydrogen) atoms. The summed E-state index contributed by atoms with van der Waals surface area (Å²) in [6, 6.07) is 4.29. The minimum absolute atomic E-state index is 0.245. The topological polar surface area (TPSA) is 12.9 Å². The highest BCUT2D eigenvalue weighted by Crippen LogP contribution is 2.29. The molecule has 1 aromatic rings. The molecule has 1 heterocycles. The molecule has 0 saturated heterocycles. The summed E-state index contributed by atoms with van der Waals surface area (Å²) in [4.78, 5) is 4.35. The molecule has 0 aromatic carbocycles. The van der Waals surface area contributed by atoms with Crippen LogP contribution in [-0.4, -0.2) is 4.98 Å². The zero-order chi connectivity index (χ0) is 10.8. The number of pyridine rings is 1. The molecule has 0 aliphatic rings. The summed E-state index contributed by atoms with van der Waals surface area (Å²) in [7, 11) is 0. The monoisotopic (exact) mass is 191 g/mol. The third-order valence-corrected chi connectivity index (χ3v) is 2.61. The second-order valence-corrected chi connectivity index (χ2v) is 5.17. The van der Waals surface area contributed by atoms with Gasteiger partial charge in [0.25, 0.3) is 0 Å². The largest absolute Gasteiger partial charge is 0.261 e. The molecule has 1 nitrogen and oxygen atoms in total. The molecule has 0 radical (unpaired) electrons. The number of hydrogen-bond acceptors (Lipinski definition) is 1. The summed E-state index contributed by atoms with van der Waals surface area (Å²) < 4.78 is 0. The molecule has 0 fully saturated rings. The van der Waals surface area contributed by atoms with Crippen LogP contribution in [0.3, 0.4) is 0 Å². The van der Waals surface area contributed by atoms with E-state index >= 15 is 0 Å². The van der Waals surface area contributed by atoms with Crippen LogP contribution in [0.2, 0.25) is 0 Å². The standard InChI is InChI=1S/C13H21N/c1-10(2)8-13(4,5)12-7-6-11(3)14-9-12/h6-7,9-10H,8H2,1-5H3. The quantitative estimate of drug-likeness (QED) is 0.709. The third kappa shape index (κ3) is 2.83. The SMILES string of the molecule is Cc1ccc(C(C)(C)CC(C)C)cn1. The van der Waals surface area contributed by atoms with Crippen molar-refractivity contribution in [2.24, 2.45) is 5.92 Å². The minimum Gasteiger partial charge on any atom is -0.261 e. The molecule has 1 heteroatoms. The number of aryl methyl sites for hydroxylation is 1. The van der Waals surface area contributed by atoms with Gasteiger partial charge in [0.2, 0.25) is 0 Å². The van der Waals surface area contributed by atoms with Crippen LogP contribution in [0.1, 0.15) is 45.4 Å². The Labute approximate surface area is 87.6 Å². The van der Waals surface area contributed by atoms with Gasteiger partial charge in [0, 0.05) is 11.9 Å². The van der Waals surface area contributed by atoms with E-state index < -0.39 is 0 Å². The maximum absolute atomic E-state index is 4.35. The van der Waals surface area contributed by atoms with Crippen LogP contribution < -0.4 is 0 Å². The predicted molar refractivity (Wildman–Crippen MR) is 61.5 cm³/mol. The van der Waals surface area contributed by atoms with E-state index in [-0.39, 0.29) is 5.41 Å². The molecule has 0 saturated carbocycles. The molecule has 1 aromatic heterocycles. The van der Waals surface area contributed by atoms with Crippen LogP contribution in [0.25, 0.3) is 0 Å². The van der Waals surface area contributed by atoms with Gasteiger partial charge in [-0.3, -0.25) is 4.98 Å². The van der Waals surface area contributed by atoms with Crippen molar-refractivity contribution >= 4 is 0 Å². The first kappa shape index (κ1) is 11.2. The van der Waals surface area contributed by atoms with Gasteiger partial charge < -0.3 is 0 Å². The molecule has 0 aliphatic carbocycles. The van der Waals surface area contributed by atoms with Crippen LogP contribution in [-0.2, 0) is 5.41 Å². The summed E-state index contributed by atoms with van der Waals surface area (Å²) in [6.07, 6.45) is 3.22. The maximum Gasteiger partial charge on any atom is 0.0372 e. The fourth-order valence-electron chi connectivity index (χ4n) is 2.01. The fraction of sp³-hybridized carbons (Fsp3) is 0.615. The van der Waals surface area contributed by atoms with Crippen molar-refractivity contribution in [1.29, 1.82) is 0 Å². The van der Waals surface area contributed by atoms with Crippen molar-refractivity contribution in [2.45, 2.75) is 46.5 Å². The smallest absolute Gasteiger partial charge is 0.0372 e. The van der Waals surface area contributed by atoms with Gasteiger partial charge in [-0.25, -0.2) is 0 Å². The lowest BCUT2D eigenvalue weighted by molar-refractivity contribution is 0.398. The van der Waals surface area contributed by atoms with E-state index in [1.165, 1.54) is 12.0 Å². The molecule has 78 valence electrons. The summed E-state index contributed by atoms with van der Waals surface area (Å²) in [5.41, 5.74) is 2.68. The Kier molecular flexibility index (Phi) is 3.30. The van der Waals surface area contributed by atoms with Gasteiger partial charge >= 0.3 is 0 Å². The molecular weight excluding hydrogens is 170 g/mol. The Bertz CT molecular complexity index is 283. The first-order valence-corrected chi connectivity index (χ1v) is 5.35. The molecule has 0 spiro atoms. The first-order valence-electron chi connectivity index (χ1n) is 5.35. The highest BCUT2D eigenvalue weighted by Gasteiger charge is 2.21. The molecule has 1 rings (SSSR count). The Morgan fingerprint density at radius 3 is 2.36 bits per heavy atom. The predicted octanol–water partition coefficient (Wildman–Crippen LogP) is 3.71. The van der Waals surface area contributed by atoms with Crippen molar-refractivity contribution in [2.75, 3.05) is 0 Å². The average Bonchev–Trinajstić information content (AvgIpc) is 2.02. The van der Waals surface area contributed by atoms with Crippen LogP contribution in [0, 0.1) is 12.8 Å². The van der Waals surface area contributed by atoms with E-state index in [9.17, 15) is 0 Å². The molecule has 0 unspecified atom stereocenters.